The summed E-state index contributed by atoms with van der Waals surface area (Å²) in [5.41, 5.74) is -1.01. The number of hydrogen-bond acceptors (Lipinski definition) is 3. The smallest absolute Gasteiger partial charge is 0.324 e. The fourth-order valence-corrected chi connectivity index (χ4v) is 2.22. The van der Waals surface area contributed by atoms with E-state index < -0.39 is 11.7 Å². The first-order valence-corrected chi connectivity index (χ1v) is 6.57. The average Bonchev–Trinajstić information content (AvgIpc) is 2.47. The predicted octanol–water partition coefficient (Wildman–Crippen LogP) is 2.66. The maximum Gasteiger partial charge on any atom is 0.416 e. The number of anilines is 1. The summed E-state index contributed by atoms with van der Waals surface area (Å²) in [4.78, 5) is 12.0. The second-order valence-electron chi connectivity index (χ2n) is 4.86. The Morgan fingerprint density at radius 1 is 1.38 bits per heavy atom. The van der Waals surface area contributed by atoms with Crippen molar-refractivity contribution in [3.05, 3.63) is 29.3 Å². The van der Waals surface area contributed by atoms with Gasteiger partial charge in [0, 0.05) is 0 Å². The fraction of sp³-hybridized carbons (Fsp3) is 0.429. The fourth-order valence-electron chi connectivity index (χ4n) is 2.22. The molecule has 1 aromatic carbocycles. The molecule has 0 aromatic heterocycles. The maximum absolute atomic E-state index is 12.6. The van der Waals surface area contributed by atoms with Crippen LogP contribution in [-0.4, -0.2) is 18.5 Å². The molecule has 1 aliphatic rings. The molecule has 0 spiro atoms. The van der Waals surface area contributed by atoms with Gasteiger partial charge in [0.05, 0.1) is 22.9 Å². The number of hydrogen-bond donors (Lipinski definition) is 2. The number of nitrogens with one attached hydrogen (secondary N) is 2. The molecule has 7 heteroatoms. The number of nitrogens with zero attached hydrogens (tertiary/aromatic N) is 1. The van der Waals surface area contributed by atoms with Crippen molar-refractivity contribution in [1.82, 2.24) is 5.32 Å². The molecular weight excluding hydrogens is 283 g/mol. The van der Waals surface area contributed by atoms with Gasteiger partial charge in [0.2, 0.25) is 5.91 Å². The van der Waals surface area contributed by atoms with Gasteiger partial charge in [-0.2, -0.15) is 18.4 Å². The van der Waals surface area contributed by atoms with Crippen molar-refractivity contribution in [3.63, 3.8) is 0 Å². The summed E-state index contributed by atoms with van der Waals surface area (Å²) in [7, 11) is 0. The van der Waals surface area contributed by atoms with Crippen LogP contribution in [0.2, 0.25) is 0 Å². The molecule has 2 N–H and O–H groups in total. The summed E-state index contributed by atoms with van der Waals surface area (Å²) in [6.07, 6.45) is -1.93. The number of nitriles is 1. The van der Waals surface area contributed by atoms with E-state index in [2.05, 4.69) is 10.6 Å². The third-order valence-corrected chi connectivity index (χ3v) is 3.35. The van der Waals surface area contributed by atoms with Gasteiger partial charge in [-0.1, -0.05) is 6.42 Å². The first kappa shape index (κ1) is 15.3. The van der Waals surface area contributed by atoms with Crippen molar-refractivity contribution in [1.29, 1.82) is 5.26 Å². The molecule has 1 amide bonds. The highest BCUT2D eigenvalue weighted by Gasteiger charge is 2.31. The predicted molar refractivity (Wildman–Crippen MR) is 70.4 cm³/mol. The summed E-state index contributed by atoms with van der Waals surface area (Å²) in [5.74, 6) is -0.328. The van der Waals surface area contributed by atoms with Crippen LogP contribution in [0.15, 0.2) is 18.2 Å². The minimum Gasteiger partial charge on any atom is -0.324 e. The van der Waals surface area contributed by atoms with Crippen LogP contribution < -0.4 is 10.6 Å². The number of piperidine rings is 1. The average molecular weight is 297 g/mol. The van der Waals surface area contributed by atoms with E-state index >= 15 is 0 Å². The van der Waals surface area contributed by atoms with Gasteiger partial charge in [-0.05, 0) is 37.6 Å². The summed E-state index contributed by atoms with van der Waals surface area (Å²) in [6.45, 7) is 0.732. The summed E-state index contributed by atoms with van der Waals surface area (Å²) < 4.78 is 37.7. The summed E-state index contributed by atoms with van der Waals surface area (Å²) in [5, 5.41) is 14.5. The molecule has 0 radical (unpaired) electrons. The molecule has 21 heavy (non-hydrogen) atoms. The maximum atomic E-state index is 12.6. The second kappa shape index (κ2) is 6.14. The van der Waals surface area contributed by atoms with Gasteiger partial charge in [0.1, 0.15) is 6.07 Å². The molecule has 0 aliphatic carbocycles. The zero-order valence-corrected chi connectivity index (χ0v) is 11.1. The van der Waals surface area contributed by atoms with Crippen molar-refractivity contribution in [2.75, 3.05) is 11.9 Å². The molecule has 1 atom stereocenters. The Morgan fingerprint density at radius 3 is 2.71 bits per heavy atom. The number of rotatable bonds is 2. The van der Waals surface area contributed by atoms with E-state index in [1.54, 1.807) is 6.07 Å². The lowest BCUT2D eigenvalue weighted by Crippen LogP contribution is -2.43. The van der Waals surface area contributed by atoms with Crippen molar-refractivity contribution < 1.29 is 18.0 Å². The topological polar surface area (TPSA) is 64.9 Å². The van der Waals surface area contributed by atoms with Gasteiger partial charge >= 0.3 is 6.18 Å². The molecule has 2 rings (SSSR count). The number of amides is 1. The largest absolute Gasteiger partial charge is 0.416 e. The highest BCUT2D eigenvalue weighted by molar-refractivity contribution is 5.96. The standard InChI is InChI=1S/C14H14F3N3O/c15-14(16,17)10-4-5-11(9(7-10)8-18)20-13(21)12-3-1-2-6-19-12/h4-5,7,12,19H,1-3,6H2,(H,20,21)/t12-/m1/s1. The third-order valence-electron chi connectivity index (χ3n) is 3.35. The monoisotopic (exact) mass is 297 g/mol. The molecule has 1 aliphatic heterocycles. The second-order valence-corrected chi connectivity index (χ2v) is 4.86. The minimum atomic E-state index is -4.51. The number of halogens is 3. The highest BCUT2D eigenvalue weighted by atomic mass is 19.4. The quantitative estimate of drug-likeness (QED) is 0.882. The molecule has 0 bridgehead atoms. The van der Waals surface area contributed by atoms with Crippen LogP contribution in [-0.2, 0) is 11.0 Å². The molecule has 0 unspecified atom stereocenters. The number of carbonyl (C=O) groups excluding carboxylic acids is 1. The molecule has 1 heterocycles. The molecule has 112 valence electrons. The van der Waals surface area contributed by atoms with Crippen LogP contribution in [0.1, 0.15) is 30.4 Å². The third kappa shape index (κ3) is 3.73. The first-order valence-electron chi connectivity index (χ1n) is 6.57. The highest BCUT2D eigenvalue weighted by Crippen LogP contribution is 2.31. The SMILES string of the molecule is N#Cc1cc(C(F)(F)F)ccc1NC(=O)[C@H]1CCCCN1. The lowest BCUT2D eigenvalue weighted by molar-refractivity contribution is -0.137. The number of benzene rings is 1. The Morgan fingerprint density at radius 2 is 2.14 bits per heavy atom. The number of carbonyl (C=O) groups is 1. The lowest BCUT2D eigenvalue weighted by Gasteiger charge is -2.22. The van der Waals surface area contributed by atoms with Gasteiger partial charge in [-0.15, -0.1) is 0 Å². The van der Waals surface area contributed by atoms with Gasteiger partial charge < -0.3 is 10.6 Å². The Balaban J connectivity index is 2.16. The van der Waals surface area contributed by atoms with Crippen molar-refractivity contribution >= 4 is 11.6 Å². The zero-order valence-electron chi connectivity index (χ0n) is 11.1. The van der Waals surface area contributed by atoms with E-state index in [-0.39, 0.29) is 23.2 Å². The molecular formula is C14H14F3N3O. The van der Waals surface area contributed by atoms with E-state index in [9.17, 15) is 18.0 Å². The summed E-state index contributed by atoms with van der Waals surface area (Å²) >= 11 is 0. The molecule has 1 saturated heterocycles. The van der Waals surface area contributed by atoms with E-state index in [1.807, 2.05) is 0 Å². The van der Waals surface area contributed by atoms with E-state index in [4.69, 9.17) is 5.26 Å². The zero-order chi connectivity index (χ0) is 15.5. The molecule has 1 fully saturated rings. The normalized spacial score (nSPS) is 18.9. The van der Waals surface area contributed by atoms with Gasteiger partial charge in [0.15, 0.2) is 0 Å². The van der Waals surface area contributed by atoms with Gasteiger partial charge in [-0.25, -0.2) is 0 Å². The van der Waals surface area contributed by atoms with Crippen LogP contribution in [0.3, 0.4) is 0 Å². The minimum absolute atomic E-state index is 0.0999. The van der Waals surface area contributed by atoms with Crippen LogP contribution >= 0.6 is 0 Å². The van der Waals surface area contributed by atoms with Gasteiger partial charge in [-0.3, -0.25) is 4.79 Å². The summed E-state index contributed by atoms with van der Waals surface area (Å²) in [6, 6.07) is 4.02. The van der Waals surface area contributed by atoms with Crippen molar-refractivity contribution in [3.8, 4) is 6.07 Å². The van der Waals surface area contributed by atoms with E-state index in [1.165, 1.54) is 0 Å². The Hall–Kier alpha value is -2.07. The first-order chi connectivity index (χ1) is 9.91. The number of alkyl halides is 3. The Kier molecular flexibility index (Phi) is 4.48. The van der Waals surface area contributed by atoms with Crippen molar-refractivity contribution in [2.24, 2.45) is 0 Å². The van der Waals surface area contributed by atoms with Crippen LogP contribution in [0.5, 0.6) is 0 Å². The van der Waals surface area contributed by atoms with E-state index in [0.717, 1.165) is 37.6 Å². The Labute approximate surface area is 119 Å². The van der Waals surface area contributed by atoms with Crippen molar-refractivity contribution in [2.45, 2.75) is 31.5 Å². The molecule has 0 saturated carbocycles. The molecule has 4 nitrogen and oxygen atoms in total. The van der Waals surface area contributed by atoms with Crippen LogP contribution in [0, 0.1) is 11.3 Å². The van der Waals surface area contributed by atoms with Crippen LogP contribution in [0.25, 0.3) is 0 Å². The Bertz CT molecular complexity index is 572. The van der Waals surface area contributed by atoms with Crippen LogP contribution in [0.4, 0.5) is 18.9 Å². The molecule has 1 aromatic rings. The lowest BCUT2D eigenvalue weighted by atomic mass is 10.0. The van der Waals surface area contributed by atoms with Gasteiger partial charge in [0.25, 0.3) is 0 Å². The van der Waals surface area contributed by atoms with E-state index in [0.29, 0.717) is 6.42 Å².